The largest absolute Gasteiger partial charge is 0.481 e. The zero-order valence-electron chi connectivity index (χ0n) is 6.94. The van der Waals surface area contributed by atoms with Crippen molar-refractivity contribution in [1.82, 2.24) is 0 Å². The molecule has 3 heteroatoms. The standard InChI is InChI=1S/C9H14O3/c10-8-4-5-1-2-6(8)7(3-5)9(11)12/h5-8,10H,1-4H2,(H,11,12)/t5-,6+,7?,8?/m0/s1. The fourth-order valence-corrected chi connectivity index (χ4v) is 2.76. The summed E-state index contributed by atoms with van der Waals surface area (Å²) in [6.45, 7) is 0. The van der Waals surface area contributed by atoms with Gasteiger partial charge in [0, 0.05) is 0 Å². The van der Waals surface area contributed by atoms with Crippen LogP contribution in [0.2, 0.25) is 0 Å². The molecule has 3 fully saturated rings. The second kappa shape index (κ2) is 2.73. The molecule has 0 aromatic rings. The zero-order chi connectivity index (χ0) is 8.72. The van der Waals surface area contributed by atoms with Crippen LogP contribution in [0.4, 0.5) is 0 Å². The highest BCUT2D eigenvalue weighted by Gasteiger charge is 2.44. The summed E-state index contributed by atoms with van der Waals surface area (Å²) in [7, 11) is 0. The number of aliphatic hydroxyl groups excluding tert-OH is 1. The number of hydrogen-bond acceptors (Lipinski definition) is 2. The number of carbonyl (C=O) groups is 1. The van der Waals surface area contributed by atoms with Crippen LogP contribution in [0.5, 0.6) is 0 Å². The number of aliphatic hydroxyl groups is 1. The zero-order valence-corrected chi connectivity index (χ0v) is 6.94. The van der Waals surface area contributed by atoms with Gasteiger partial charge in [-0.25, -0.2) is 0 Å². The summed E-state index contributed by atoms with van der Waals surface area (Å²) in [6, 6.07) is 0. The van der Waals surface area contributed by atoms with Crippen LogP contribution in [-0.2, 0) is 4.79 Å². The molecule has 0 aromatic carbocycles. The third kappa shape index (κ3) is 1.12. The monoisotopic (exact) mass is 170 g/mol. The number of hydrogen-bond donors (Lipinski definition) is 2. The van der Waals surface area contributed by atoms with Crippen molar-refractivity contribution in [2.24, 2.45) is 17.8 Å². The first-order valence-corrected chi connectivity index (χ1v) is 4.59. The lowest BCUT2D eigenvalue weighted by Crippen LogP contribution is -2.44. The molecule has 0 heterocycles. The number of aliphatic carboxylic acids is 1. The van der Waals surface area contributed by atoms with E-state index in [9.17, 15) is 9.90 Å². The Bertz CT molecular complexity index is 202. The Balaban J connectivity index is 2.14. The van der Waals surface area contributed by atoms with Crippen LogP contribution in [-0.4, -0.2) is 22.3 Å². The van der Waals surface area contributed by atoms with Gasteiger partial charge in [0.05, 0.1) is 12.0 Å². The first kappa shape index (κ1) is 8.05. The Labute approximate surface area is 71.4 Å². The molecule has 4 atom stereocenters. The summed E-state index contributed by atoms with van der Waals surface area (Å²) in [5, 5.41) is 18.4. The van der Waals surface area contributed by atoms with Gasteiger partial charge >= 0.3 is 5.97 Å². The summed E-state index contributed by atoms with van der Waals surface area (Å²) in [5.41, 5.74) is 0. The van der Waals surface area contributed by atoms with Gasteiger partial charge in [0.25, 0.3) is 0 Å². The van der Waals surface area contributed by atoms with Crippen LogP contribution in [0.3, 0.4) is 0 Å². The van der Waals surface area contributed by atoms with Crippen molar-refractivity contribution in [1.29, 1.82) is 0 Å². The third-order valence-corrected chi connectivity index (χ3v) is 3.40. The molecule has 12 heavy (non-hydrogen) atoms. The molecule has 2 N–H and O–H groups in total. The molecule has 3 aliphatic carbocycles. The number of rotatable bonds is 1. The fraction of sp³-hybridized carbons (Fsp3) is 0.889. The highest BCUT2D eigenvalue weighted by molar-refractivity contribution is 5.70. The van der Waals surface area contributed by atoms with E-state index in [4.69, 9.17) is 5.11 Å². The van der Waals surface area contributed by atoms with Gasteiger partial charge in [-0.3, -0.25) is 4.79 Å². The predicted molar refractivity (Wildman–Crippen MR) is 42.6 cm³/mol. The van der Waals surface area contributed by atoms with E-state index < -0.39 is 5.97 Å². The van der Waals surface area contributed by atoms with E-state index in [-0.39, 0.29) is 17.9 Å². The molecule has 3 rings (SSSR count). The lowest BCUT2D eigenvalue weighted by molar-refractivity contribution is -0.152. The van der Waals surface area contributed by atoms with Crippen molar-refractivity contribution in [3.63, 3.8) is 0 Å². The molecule has 0 amide bonds. The van der Waals surface area contributed by atoms with Gasteiger partial charge in [0.1, 0.15) is 0 Å². The maximum absolute atomic E-state index is 10.8. The van der Waals surface area contributed by atoms with E-state index in [0.717, 1.165) is 25.7 Å². The van der Waals surface area contributed by atoms with Crippen molar-refractivity contribution in [2.45, 2.75) is 31.8 Å². The SMILES string of the molecule is O=C(O)C1C[C@@H]2CC[C@H]1C(O)C2. The Hall–Kier alpha value is -0.570. The minimum atomic E-state index is -0.719. The summed E-state index contributed by atoms with van der Waals surface area (Å²) in [4.78, 5) is 10.8. The molecular weight excluding hydrogens is 156 g/mol. The Morgan fingerprint density at radius 1 is 1.25 bits per heavy atom. The van der Waals surface area contributed by atoms with Crippen LogP contribution in [0.1, 0.15) is 25.7 Å². The molecule has 2 unspecified atom stereocenters. The van der Waals surface area contributed by atoms with E-state index in [0.29, 0.717) is 5.92 Å². The Morgan fingerprint density at radius 2 is 2.00 bits per heavy atom. The van der Waals surface area contributed by atoms with Crippen molar-refractivity contribution in [2.75, 3.05) is 0 Å². The number of carboxylic acid groups (broad SMARTS) is 1. The van der Waals surface area contributed by atoms with Crippen molar-refractivity contribution >= 4 is 5.97 Å². The van der Waals surface area contributed by atoms with Crippen LogP contribution >= 0.6 is 0 Å². The number of carboxylic acids is 1. The van der Waals surface area contributed by atoms with Crippen molar-refractivity contribution in [3.05, 3.63) is 0 Å². The normalized spacial score (nSPS) is 46.1. The summed E-state index contributed by atoms with van der Waals surface area (Å²) in [6.07, 6.45) is 3.29. The average Bonchev–Trinajstić information content (AvgIpc) is 2.04. The van der Waals surface area contributed by atoms with E-state index in [1.165, 1.54) is 0 Å². The van der Waals surface area contributed by atoms with Gasteiger partial charge in [-0.15, -0.1) is 0 Å². The topological polar surface area (TPSA) is 57.5 Å². The molecular formula is C9H14O3. The first-order chi connectivity index (χ1) is 5.68. The molecule has 2 bridgehead atoms. The molecule has 3 nitrogen and oxygen atoms in total. The molecule has 68 valence electrons. The summed E-state index contributed by atoms with van der Waals surface area (Å²) in [5.74, 6) is -0.491. The minimum Gasteiger partial charge on any atom is -0.481 e. The van der Waals surface area contributed by atoms with Gasteiger partial charge < -0.3 is 10.2 Å². The van der Waals surface area contributed by atoms with Crippen LogP contribution in [0.25, 0.3) is 0 Å². The predicted octanol–water partition coefficient (Wildman–Crippen LogP) is 0.868. The molecule has 0 aromatic heterocycles. The second-order valence-corrected chi connectivity index (χ2v) is 4.09. The average molecular weight is 170 g/mol. The second-order valence-electron chi connectivity index (χ2n) is 4.09. The van der Waals surface area contributed by atoms with Gasteiger partial charge in [-0.2, -0.15) is 0 Å². The van der Waals surface area contributed by atoms with Gasteiger partial charge in [-0.05, 0) is 37.5 Å². The van der Waals surface area contributed by atoms with Crippen LogP contribution in [0.15, 0.2) is 0 Å². The van der Waals surface area contributed by atoms with E-state index in [1.54, 1.807) is 0 Å². The molecule has 3 aliphatic rings. The van der Waals surface area contributed by atoms with Gasteiger partial charge in [0.15, 0.2) is 0 Å². The third-order valence-electron chi connectivity index (χ3n) is 3.40. The minimum absolute atomic E-state index is 0.0347. The van der Waals surface area contributed by atoms with E-state index in [1.807, 2.05) is 0 Å². The van der Waals surface area contributed by atoms with E-state index >= 15 is 0 Å². The Kier molecular flexibility index (Phi) is 1.83. The maximum Gasteiger partial charge on any atom is 0.306 e. The molecule has 0 aliphatic heterocycles. The molecule has 0 radical (unpaired) electrons. The van der Waals surface area contributed by atoms with Gasteiger partial charge in [-0.1, -0.05) is 0 Å². The van der Waals surface area contributed by atoms with Crippen LogP contribution in [0, 0.1) is 17.8 Å². The summed E-state index contributed by atoms with van der Waals surface area (Å²) >= 11 is 0. The lowest BCUT2D eigenvalue weighted by atomic mass is 9.63. The van der Waals surface area contributed by atoms with Crippen molar-refractivity contribution < 1.29 is 15.0 Å². The molecule has 0 spiro atoms. The fourth-order valence-electron chi connectivity index (χ4n) is 2.76. The molecule has 3 saturated carbocycles. The maximum atomic E-state index is 10.8. The van der Waals surface area contributed by atoms with E-state index in [2.05, 4.69) is 0 Å². The lowest BCUT2D eigenvalue weighted by Gasteiger charge is -2.43. The van der Waals surface area contributed by atoms with Crippen LogP contribution < -0.4 is 0 Å². The Morgan fingerprint density at radius 3 is 2.42 bits per heavy atom. The molecule has 0 saturated heterocycles. The van der Waals surface area contributed by atoms with Gasteiger partial charge in [0.2, 0.25) is 0 Å². The quantitative estimate of drug-likeness (QED) is 0.614. The van der Waals surface area contributed by atoms with Crippen molar-refractivity contribution in [3.8, 4) is 0 Å². The highest BCUT2D eigenvalue weighted by Crippen LogP contribution is 2.45. The summed E-state index contributed by atoms with van der Waals surface area (Å²) < 4.78 is 0. The highest BCUT2D eigenvalue weighted by atomic mass is 16.4. The smallest absolute Gasteiger partial charge is 0.306 e. The number of fused-ring (bicyclic) bond motifs is 3. The first-order valence-electron chi connectivity index (χ1n) is 4.59.